The highest BCUT2D eigenvalue weighted by molar-refractivity contribution is 7.15. The van der Waals surface area contributed by atoms with Gasteiger partial charge in [-0.15, -0.1) is 0 Å². The first-order valence-electron chi connectivity index (χ1n) is 5.62. The molecule has 2 aromatic rings. The number of ether oxygens (including phenoxy) is 1. The molecule has 2 heterocycles. The maximum Gasteiger partial charge on any atom is 0.324 e. The van der Waals surface area contributed by atoms with E-state index in [2.05, 4.69) is 10.3 Å². The highest BCUT2D eigenvalue weighted by Gasteiger charge is 2.09. The molecule has 0 spiro atoms. The second-order valence-electron chi connectivity index (χ2n) is 3.77. The van der Waals surface area contributed by atoms with Crippen LogP contribution in [-0.4, -0.2) is 17.0 Å². The lowest BCUT2D eigenvalue weighted by atomic mass is 10.2. The van der Waals surface area contributed by atoms with Crippen LogP contribution < -0.4 is 10.1 Å². The number of hydrogen-bond donors (Lipinski definition) is 1. The lowest BCUT2D eigenvalue weighted by molar-refractivity contribution is -0.380. The highest BCUT2D eigenvalue weighted by atomic mass is 32.1. The van der Waals surface area contributed by atoms with Crippen molar-refractivity contribution in [2.45, 2.75) is 13.1 Å². The van der Waals surface area contributed by atoms with Gasteiger partial charge in [-0.25, -0.2) is 4.98 Å². The molecule has 0 aliphatic carbocycles. The highest BCUT2D eigenvalue weighted by Crippen LogP contribution is 2.23. The predicted molar refractivity (Wildman–Crippen MR) is 72.3 cm³/mol. The maximum absolute atomic E-state index is 10.6. The number of hydrogen-bond acceptors (Lipinski definition) is 6. The van der Waals surface area contributed by atoms with Crippen molar-refractivity contribution in [3.05, 3.63) is 51.0 Å². The summed E-state index contributed by atoms with van der Waals surface area (Å²) in [5.41, 5.74) is 0.955. The van der Waals surface area contributed by atoms with E-state index in [1.165, 1.54) is 17.4 Å². The Morgan fingerprint density at radius 1 is 1.42 bits per heavy atom. The Hall–Kier alpha value is -1.99. The van der Waals surface area contributed by atoms with Gasteiger partial charge in [0, 0.05) is 35.8 Å². The Balaban J connectivity index is 1.90. The van der Waals surface area contributed by atoms with Crippen molar-refractivity contribution < 1.29 is 9.66 Å². The van der Waals surface area contributed by atoms with Gasteiger partial charge in [0.05, 0.1) is 12.0 Å². The van der Waals surface area contributed by atoms with Crippen molar-refractivity contribution in [1.29, 1.82) is 0 Å². The van der Waals surface area contributed by atoms with E-state index in [1.807, 2.05) is 12.1 Å². The molecule has 0 aromatic carbocycles. The van der Waals surface area contributed by atoms with E-state index in [0.29, 0.717) is 19.0 Å². The zero-order chi connectivity index (χ0) is 13.7. The number of nitrogens with one attached hydrogen (secondary N) is 1. The van der Waals surface area contributed by atoms with E-state index in [0.717, 1.165) is 10.4 Å². The summed E-state index contributed by atoms with van der Waals surface area (Å²) in [7, 11) is 1.58. The van der Waals surface area contributed by atoms with Crippen molar-refractivity contribution in [3.8, 4) is 5.88 Å². The summed E-state index contributed by atoms with van der Waals surface area (Å²) in [6.07, 6.45) is 1.67. The molecule has 19 heavy (non-hydrogen) atoms. The van der Waals surface area contributed by atoms with Crippen molar-refractivity contribution >= 4 is 16.3 Å². The molecule has 0 aliphatic heterocycles. The number of nitrogens with zero attached hydrogens (tertiary/aromatic N) is 2. The summed E-state index contributed by atoms with van der Waals surface area (Å²) in [6.45, 7) is 1.18. The second-order valence-corrected chi connectivity index (χ2v) is 4.92. The van der Waals surface area contributed by atoms with Gasteiger partial charge >= 0.3 is 5.00 Å². The molecular formula is C12H13N3O3S. The molecule has 0 bridgehead atoms. The van der Waals surface area contributed by atoms with Gasteiger partial charge in [0.15, 0.2) is 0 Å². The van der Waals surface area contributed by atoms with Gasteiger partial charge in [-0.05, 0) is 12.1 Å². The van der Waals surface area contributed by atoms with E-state index < -0.39 is 0 Å². The topological polar surface area (TPSA) is 77.3 Å². The van der Waals surface area contributed by atoms with Crippen molar-refractivity contribution in [2.24, 2.45) is 0 Å². The summed E-state index contributed by atoms with van der Waals surface area (Å²) in [5, 5.41) is 13.9. The Morgan fingerprint density at radius 3 is 2.95 bits per heavy atom. The minimum atomic E-state index is -0.377. The Labute approximate surface area is 114 Å². The third-order valence-corrected chi connectivity index (χ3v) is 3.52. The van der Waals surface area contributed by atoms with Crippen LogP contribution in [-0.2, 0) is 13.1 Å². The van der Waals surface area contributed by atoms with Gasteiger partial charge in [0.2, 0.25) is 5.88 Å². The minimum absolute atomic E-state index is 0.163. The molecule has 0 aliphatic rings. The van der Waals surface area contributed by atoms with Crippen LogP contribution in [0.1, 0.15) is 10.4 Å². The Bertz CT molecular complexity index is 571. The van der Waals surface area contributed by atoms with Crippen LogP contribution in [0.2, 0.25) is 0 Å². The quantitative estimate of drug-likeness (QED) is 0.648. The smallest absolute Gasteiger partial charge is 0.324 e. The molecule has 2 rings (SSSR count). The SMILES string of the molecule is COc1ncccc1CNCc1ccc([N+](=O)[O-])s1. The van der Waals surface area contributed by atoms with Crippen LogP contribution >= 0.6 is 11.3 Å². The van der Waals surface area contributed by atoms with Crippen molar-refractivity contribution in [2.75, 3.05) is 7.11 Å². The first-order valence-corrected chi connectivity index (χ1v) is 6.44. The van der Waals surface area contributed by atoms with Gasteiger partial charge in [0.25, 0.3) is 0 Å². The molecule has 0 fully saturated rings. The number of rotatable bonds is 6. The van der Waals surface area contributed by atoms with E-state index in [-0.39, 0.29) is 9.92 Å². The fourth-order valence-electron chi connectivity index (χ4n) is 1.62. The summed E-state index contributed by atoms with van der Waals surface area (Å²) in [5.74, 6) is 0.590. The normalized spacial score (nSPS) is 10.4. The van der Waals surface area contributed by atoms with Crippen LogP contribution in [0.25, 0.3) is 0 Å². The summed E-state index contributed by atoms with van der Waals surface area (Å²) in [4.78, 5) is 15.2. The van der Waals surface area contributed by atoms with Crippen LogP contribution in [0, 0.1) is 10.1 Å². The molecule has 6 nitrogen and oxygen atoms in total. The maximum atomic E-state index is 10.6. The van der Waals surface area contributed by atoms with E-state index in [9.17, 15) is 10.1 Å². The average Bonchev–Trinajstić information content (AvgIpc) is 2.88. The molecule has 0 radical (unpaired) electrons. The fourth-order valence-corrected chi connectivity index (χ4v) is 2.41. The molecular weight excluding hydrogens is 266 g/mol. The predicted octanol–water partition coefficient (Wildman–Crippen LogP) is 2.35. The largest absolute Gasteiger partial charge is 0.481 e. The molecule has 0 saturated heterocycles. The minimum Gasteiger partial charge on any atom is -0.481 e. The van der Waals surface area contributed by atoms with Gasteiger partial charge in [0.1, 0.15) is 0 Å². The molecule has 0 amide bonds. The van der Waals surface area contributed by atoms with Gasteiger partial charge < -0.3 is 10.1 Å². The molecule has 2 aromatic heterocycles. The third-order valence-electron chi connectivity index (χ3n) is 2.49. The number of pyridine rings is 1. The summed E-state index contributed by atoms with van der Waals surface area (Å²) >= 11 is 1.18. The number of aromatic nitrogens is 1. The molecule has 100 valence electrons. The molecule has 1 N–H and O–H groups in total. The first kappa shape index (κ1) is 13.4. The lowest BCUT2D eigenvalue weighted by Crippen LogP contribution is -2.12. The molecule has 7 heteroatoms. The zero-order valence-electron chi connectivity index (χ0n) is 10.3. The molecule has 0 atom stereocenters. The first-order chi connectivity index (χ1) is 9.20. The number of methoxy groups -OCH3 is 1. The number of nitro groups is 1. The van der Waals surface area contributed by atoms with E-state index in [4.69, 9.17) is 4.74 Å². The Kier molecular flexibility index (Phi) is 4.43. The summed E-state index contributed by atoms with van der Waals surface area (Å²) < 4.78 is 5.15. The number of thiophene rings is 1. The van der Waals surface area contributed by atoms with Gasteiger partial charge in [-0.2, -0.15) is 0 Å². The zero-order valence-corrected chi connectivity index (χ0v) is 11.1. The van der Waals surface area contributed by atoms with Crippen LogP contribution in [0.3, 0.4) is 0 Å². The van der Waals surface area contributed by atoms with Crippen molar-refractivity contribution in [3.63, 3.8) is 0 Å². The standard InChI is InChI=1S/C12H13N3O3S/c1-18-12-9(3-2-6-14-12)7-13-8-10-4-5-11(19-10)15(16)17/h2-6,13H,7-8H2,1H3. The second kappa shape index (κ2) is 6.26. The van der Waals surface area contributed by atoms with E-state index >= 15 is 0 Å². The summed E-state index contributed by atoms with van der Waals surface area (Å²) in [6, 6.07) is 7.05. The van der Waals surface area contributed by atoms with Crippen LogP contribution in [0.5, 0.6) is 5.88 Å². The van der Waals surface area contributed by atoms with Crippen LogP contribution in [0.4, 0.5) is 5.00 Å². The van der Waals surface area contributed by atoms with Crippen molar-refractivity contribution in [1.82, 2.24) is 10.3 Å². The van der Waals surface area contributed by atoms with Gasteiger partial charge in [-0.3, -0.25) is 10.1 Å². The lowest BCUT2D eigenvalue weighted by Gasteiger charge is -2.07. The molecule has 0 unspecified atom stereocenters. The van der Waals surface area contributed by atoms with Crippen LogP contribution in [0.15, 0.2) is 30.5 Å². The Morgan fingerprint density at radius 2 is 2.26 bits per heavy atom. The average molecular weight is 279 g/mol. The van der Waals surface area contributed by atoms with Gasteiger partial charge in [-0.1, -0.05) is 17.4 Å². The molecule has 0 saturated carbocycles. The van der Waals surface area contributed by atoms with E-state index in [1.54, 1.807) is 19.4 Å². The third kappa shape index (κ3) is 3.49. The fraction of sp³-hybridized carbons (Fsp3) is 0.250. The monoisotopic (exact) mass is 279 g/mol.